The van der Waals surface area contributed by atoms with Crippen molar-refractivity contribution >= 4 is 135 Å². The van der Waals surface area contributed by atoms with Gasteiger partial charge in [0.25, 0.3) is 5.91 Å². The lowest BCUT2D eigenvalue weighted by atomic mass is 10.1. The third-order valence-electron chi connectivity index (χ3n) is 13.7. The number of unbranched alkanes of at least 4 members (excludes halogenated alkanes) is 1. The van der Waals surface area contributed by atoms with E-state index in [0.29, 0.717) is 108 Å². The van der Waals surface area contributed by atoms with Crippen LogP contribution in [0.2, 0.25) is 25.8 Å². The van der Waals surface area contributed by atoms with Crippen molar-refractivity contribution < 1.29 is 38.8 Å². The number of hydrogen-bond donors (Lipinski definition) is 9. The standard InChI is InChI=1S/C17H14ClN7O.C14H19ClN6O2.C12H11ClN6O.C8H9Cl2N3O2.C6H9N3.C5H5NO.C4H10O/c1-9-6-22-11(7-21-9)8-25-15-13(14(18)23-17(19)24-15)12(16(25)26)5-10-3-2-4-20-10;1-3-22-23-5-4-11-12(15)20-14(16)21-13(11)19-8-10-7-17-9(2)6-18-10;1-6-3-16-7(4-15-6)5-19-9(20)2-8-10(13)17-12(14)18-11(8)19;1-2-15-5(14)3-4-6(9)12-8(11)13-7(4)10;1-5-3-9-6(2-7)4-8-5;7-4-5-2-1-3-6-5;1-2-3-4-5/h2-7,20H,8H2,1H3,(H2,19,23,24);6-7H,3-5,8H2,1-2H3,(H3,16,19,20,21);3-4H,2,5H2,1H3,(H2,14,17,18);2-3H2,1H3,(H2,11,12,13);3-4H,2,7H2,1H3;1-4,6H;5H,2-4H2,1H3/b12-5-;;;;;;. The van der Waals surface area contributed by atoms with Gasteiger partial charge in [0.05, 0.1) is 133 Å². The zero-order chi connectivity index (χ0) is 76.5. The highest BCUT2D eigenvalue weighted by molar-refractivity contribution is 6.41. The van der Waals surface area contributed by atoms with Crippen molar-refractivity contribution in [2.45, 2.75) is 107 Å². The Bertz CT molecular complexity index is 4430. The topological polar surface area (TPSA) is 503 Å². The molecule has 0 saturated heterocycles. The molecule has 0 spiro atoms. The van der Waals surface area contributed by atoms with Gasteiger partial charge < -0.3 is 53.8 Å². The number of carbonyl (C=O) groups is 4. The highest BCUT2D eigenvalue weighted by Gasteiger charge is 2.37. The minimum Gasteiger partial charge on any atom is -0.466 e. The van der Waals surface area contributed by atoms with Gasteiger partial charge in [-0.25, -0.2) is 34.7 Å². The number of anilines is 7. The van der Waals surface area contributed by atoms with Crippen LogP contribution < -0.4 is 43.8 Å². The summed E-state index contributed by atoms with van der Waals surface area (Å²) in [6.45, 7) is 15.9. The molecule has 39 heteroatoms. The van der Waals surface area contributed by atoms with Gasteiger partial charge in [0.15, 0.2) is 12.1 Å². The zero-order valence-corrected chi connectivity index (χ0v) is 61.8. The second kappa shape index (κ2) is 42.8. The molecule has 0 aliphatic carbocycles. The number of halogens is 5. The number of ether oxygens (including phenoxy) is 1. The van der Waals surface area contributed by atoms with Crippen molar-refractivity contribution in [3.63, 3.8) is 0 Å². The maximum absolute atomic E-state index is 13.1. The average Bonchev–Trinajstić information content (AvgIpc) is 1.61. The van der Waals surface area contributed by atoms with E-state index in [9.17, 15) is 19.2 Å². The molecule has 554 valence electrons. The van der Waals surface area contributed by atoms with Crippen LogP contribution >= 0.6 is 58.0 Å². The number of esters is 1. The highest BCUT2D eigenvalue weighted by atomic mass is 35.5. The van der Waals surface area contributed by atoms with E-state index in [4.69, 9.17) is 106 Å². The van der Waals surface area contributed by atoms with Crippen LogP contribution in [-0.2, 0) is 74.3 Å². The van der Waals surface area contributed by atoms with E-state index in [1.807, 2.05) is 46.8 Å². The molecule has 0 radical (unpaired) electrons. The molecule has 10 aromatic heterocycles. The average molecular weight is 1540 g/mol. The van der Waals surface area contributed by atoms with Crippen LogP contribution in [0.1, 0.15) is 118 Å². The molecular weight excluding hydrogens is 1460 g/mol. The number of aromatic amines is 2. The second-order valence-corrected chi connectivity index (χ2v) is 23.5. The lowest BCUT2D eigenvalue weighted by Crippen LogP contribution is -2.27. The van der Waals surface area contributed by atoms with E-state index in [0.717, 1.165) is 59.0 Å². The number of carbonyl (C=O) groups excluding carboxylic acids is 4. The smallest absolute Gasteiger partial charge is 0.310 e. The van der Waals surface area contributed by atoms with E-state index >= 15 is 0 Å². The number of fused-ring (bicyclic) bond motifs is 2. The van der Waals surface area contributed by atoms with Crippen molar-refractivity contribution in [3.05, 3.63) is 191 Å². The fourth-order valence-corrected chi connectivity index (χ4v) is 9.95. The number of aryl methyl sites for hydroxylation is 4. The van der Waals surface area contributed by atoms with Gasteiger partial charge >= 0.3 is 5.97 Å². The first-order valence-corrected chi connectivity index (χ1v) is 33.8. The van der Waals surface area contributed by atoms with E-state index in [2.05, 4.69) is 102 Å². The molecule has 105 heavy (non-hydrogen) atoms. The molecule has 2 amide bonds. The number of aliphatic hydroxyl groups is 1. The summed E-state index contributed by atoms with van der Waals surface area (Å²) in [5.41, 5.74) is 37.8. The predicted molar refractivity (Wildman–Crippen MR) is 398 cm³/mol. The van der Waals surface area contributed by atoms with Gasteiger partial charge in [0.1, 0.15) is 37.4 Å². The summed E-state index contributed by atoms with van der Waals surface area (Å²) in [7, 11) is 0. The van der Waals surface area contributed by atoms with E-state index in [1.165, 1.54) is 9.80 Å². The highest BCUT2D eigenvalue weighted by Crippen LogP contribution is 2.41. The number of aldehydes is 1. The molecule has 12 rings (SSSR count). The minimum atomic E-state index is -0.435. The number of amides is 2. The molecule has 34 nitrogen and oxygen atoms in total. The van der Waals surface area contributed by atoms with Crippen molar-refractivity contribution in [1.29, 1.82) is 0 Å². The third-order valence-corrected chi connectivity index (χ3v) is 15.2. The molecule has 0 atom stereocenters. The van der Waals surface area contributed by atoms with Crippen molar-refractivity contribution in [2.24, 2.45) is 5.73 Å². The number of hydrogen-bond acceptors (Lipinski definition) is 30. The number of nitrogens with zero attached hydrogens (tertiary/aromatic N) is 18. The first-order valence-electron chi connectivity index (χ1n) is 31.9. The predicted octanol–water partition coefficient (Wildman–Crippen LogP) is 8.38. The van der Waals surface area contributed by atoms with Crippen molar-refractivity contribution in [1.82, 2.24) is 89.7 Å². The Morgan fingerprint density at radius 1 is 0.600 bits per heavy atom. The molecule has 0 fully saturated rings. The summed E-state index contributed by atoms with van der Waals surface area (Å²) in [5, 5.41) is 12.0. The van der Waals surface area contributed by atoms with Crippen LogP contribution in [0.15, 0.2) is 86.2 Å². The minimum absolute atomic E-state index is 0.00247. The van der Waals surface area contributed by atoms with E-state index in [-0.39, 0.29) is 87.3 Å². The maximum Gasteiger partial charge on any atom is 0.310 e. The summed E-state index contributed by atoms with van der Waals surface area (Å²) < 4.78 is 4.74. The van der Waals surface area contributed by atoms with Crippen LogP contribution in [0.5, 0.6) is 0 Å². The van der Waals surface area contributed by atoms with Gasteiger partial charge in [-0.2, -0.15) is 15.0 Å². The first kappa shape index (κ1) is 83.3. The summed E-state index contributed by atoms with van der Waals surface area (Å²) in [6.07, 6.45) is 22.0. The maximum atomic E-state index is 13.1. The quantitative estimate of drug-likeness (QED) is 0.00657. The summed E-state index contributed by atoms with van der Waals surface area (Å²) in [6, 6.07) is 7.18. The number of rotatable bonds is 20. The van der Waals surface area contributed by atoms with Gasteiger partial charge in [-0.1, -0.05) is 71.3 Å². The van der Waals surface area contributed by atoms with Crippen LogP contribution in [0.4, 0.5) is 41.2 Å². The van der Waals surface area contributed by atoms with E-state index < -0.39 is 5.97 Å². The zero-order valence-electron chi connectivity index (χ0n) is 58.1. The summed E-state index contributed by atoms with van der Waals surface area (Å²) in [5.74, 6) is 0.691. The molecule has 14 N–H and O–H groups in total. The number of aliphatic hydroxyl groups excluding tert-OH is 1. The Balaban J connectivity index is 0.000000203. The molecular formula is C66H77Cl5N26O8. The number of nitrogens with one attached hydrogen (secondary N) is 3. The number of nitrogens with two attached hydrogens (primary N) is 5. The van der Waals surface area contributed by atoms with Crippen LogP contribution in [0.3, 0.4) is 0 Å². The Kier molecular flexibility index (Phi) is 33.9. The molecule has 0 unspecified atom stereocenters. The Morgan fingerprint density at radius 2 is 1.10 bits per heavy atom. The van der Waals surface area contributed by atoms with Crippen molar-refractivity contribution in [3.8, 4) is 0 Å². The second-order valence-electron chi connectivity index (χ2n) is 21.8. The molecule has 0 saturated carbocycles. The molecule has 10 aromatic rings. The lowest BCUT2D eigenvalue weighted by molar-refractivity contribution is -0.290. The normalized spacial score (nSPS) is 11.9. The number of aromatic nitrogens is 18. The molecule has 12 heterocycles. The summed E-state index contributed by atoms with van der Waals surface area (Å²) in [4.78, 5) is 130. The van der Waals surface area contributed by atoms with Gasteiger partial charge in [-0.15, -0.1) is 0 Å². The Hall–Kier alpha value is -10.7. The Labute approximate surface area is 628 Å². The van der Waals surface area contributed by atoms with Gasteiger partial charge in [0, 0.05) is 85.3 Å². The number of H-pyrrole nitrogens is 2. The van der Waals surface area contributed by atoms with E-state index in [1.54, 1.807) is 87.1 Å². The van der Waals surface area contributed by atoms with Gasteiger partial charge in [-0.3, -0.25) is 68.8 Å². The molecule has 2 aliphatic rings. The SMILES string of the molecule is CCCCO.CCOC(=O)Cc1c(Cl)nc(N)nc1Cl.CCOOCCc1c(Cl)nc(N)nc1NCc1cnc(C)cn1.Cc1cnc(CN)cn1.Cc1cnc(CN2C(=O)/C(=C\c3ccc[nH]3)c3c(Cl)nc(N)nc32)cn1.Cc1cnc(CN2C(=O)Cc3c(Cl)nc(N)nc32)cn1.O=Cc1ccc[nH]1. The molecule has 2 aliphatic heterocycles. The third kappa shape index (κ3) is 26.5. The fraction of sp³-hybridized carbons (Fsp3) is 0.303. The fourth-order valence-electron chi connectivity index (χ4n) is 8.63. The van der Waals surface area contributed by atoms with Crippen LogP contribution in [0, 0.1) is 27.7 Å². The van der Waals surface area contributed by atoms with Crippen LogP contribution in [-0.4, -0.2) is 145 Å². The van der Waals surface area contributed by atoms with Crippen molar-refractivity contribution in [2.75, 3.05) is 64.5 Å². The molecule has 0 aromatic carbocycles. The lowest BCUT2D eigenvalue weighted by Gasteiger charge is -2.15. The van der Waals surface area contributed by atoms with Crippen LogP contribution in [0.25, 0.3) is 11.6 Å². The van der Waals surface area contributed by atoms with Gasteiger partial charge in [0.2, 0.25) is 29.7 Å². The largest absolute Gasteiger partial charge is 0.466 e. The first-order chi connectivity index (χ1) is 50.4. The number of nitrogen functional groups attached to an aromatic ring is 4. The molecule has 0 bridgehead atoms. The monoisotopic (exact) mass is 1540 g/mol. The Morgan fingerprint density at radius 3 is 1.57 bits per heavy atom. The summed E-state index contributed by atoms with van der Waals surface area (Å²) >= 11 is 29.9. The van der Waals surface area contributed by atoms with Gasteiger partial charge in [-0.05, 0) is 78.3 Å².